The van der Waals surface area contributed by atoms with Gasteiger partial charge in [0.2, 0.25) is 5.91 Å². The number of hydrogen-bond donors (Lipinski definition) is 1. The van der Waals surface area contributed by atoms with Crippen molar-refractivity contribution in [1.29, 1.82) is 0 Å². The van der Waals surface area contributed by atoms with E-state index in [9.17, 15) is 4.79 Å². The quantitative estimate of drug-likeness (QED) is 0.783. The molecular weight excluding hydrogens is 332 g/mol. The van der Waals surface area contributed by atoms with Crippen LogP contribution in [0.3, 0.4) is 0 Å². The Hall–Kier alpha value is -2.47. The Kier molecular flexibility index (Phi) is 4.36. The number of thiazole rings is 1. The molecule has 5 nitrogen and oxygen atoms in total. The topological polar surface area (TPSA) is 58.1 Å². The molecule has 1 atom stereocenters. The third-order valence-electron chi connectivity index (χ3n) is 4.48. The summed E-state index contributed by atoms with van der Waals surface area (Å²) in [4.78, 5) is 23.8. The first-order valence-electron chi connectivity index (χ1n) is 8.52. The first-order chi connectivity index (χ1) is 12.2. The predicted molar refractivity (Wildman–Crippen MR) is 101 cm³/mol. The van der Waals surface area contributed by atoms with E-state index in [1.807, 2.05) is 43.5 Å². The fourth-order valence-electron chi connectivity index (χ4n) is 3.20. The molecule has 3 heterocycles. The van der Waals surface area contributed by atoms with Crippen molar-refractivity contribution in [3.8, 4) is 0 Å². The van der Waals surface area contributed by atoms with Crippen LogP contribution in [0.15, 0.2) is 42.6 Å². The lowest BCUT2D eigenvalue weighted by Gasteiger charge is -2.23. The summed E-state index contributed by atoms with van der Waals surface area (Å²) in [6, 6.07) is 11.9. The second kappa shape index (κ2) is 6.80. The Bertz CT molecular complexity index is 893. The fourth-order valence-corrected chi connectivity index (χ4v) is 4.30. The Morgan fingerprint density at radius 2 is 2.20 bits per heavy atom. The average molecular weight is 352 g/mol. The van der Waals surface area contributed by atoms with Crippen molar-refractivity contribution in [2.45, 2.75) is 32.4 Å². The van der Waals surface area contributed by atoms with Gasteiger partial charge in [-0.2, -0.15) is 4.98 Å². The van der Waals surface area contributed by atoms with Crippen molar-refractivity contribution < 1.29 is 4.79 Å². The zero-order valence-corrected chi connectivity index (χ0v) is 14.9. The number of hydrogen-bond acceptors (Lipinski definition) is 5. The van der Waals surface area contributed by atoms with Gasteiger partial charge < -0.3 is 10.2 Å². The fraction of sp³-hybridized carbons (Fsp3) is 0.316. The van der Waals surface area contributed by atoms with Crippen LogP contribution in [-0.4, -0.2) is 28.5 Å². The zero-order valence-electron chi connectivity index (χ0n) is 14.1. The Morgan fingerprint density at radius 1 is 1.36 bits per heavy atom. The summed E-state index contributed by atoms with van der Waals surface area (Å²) in [5.74, 6) is 0.0738. The summed E-state index contributed by atoms with van der Waals surface area (Å²) in [6.07, 6.45) is 3.70. The van der Waals surface area contributed by atoms with Gasteiger partial charge >= 0.3 is 0 Å². The molecule has 0 radical (unpaired) electrons. The maximum Gasteiger partial charge on any atom is 0.243 e. The second-order valence-electron chi connectivity index (χ2n) is 6.39. The van der Waals surface area contributed by atoms with Crippen LogP contribution >= 0.6 is 11.3 Å². The van der Waals surface area contributed by atoms with E-state index in [-0.39, 0.29) is 11.9 Å². The molecule has 2 aromatic heterocycles. The standard InChI is InChI=1S/C19H20N4OS/c1-13-10-16-17(20-11-13)22-19(25-16)23-9-5-8-15(23)18(24)21-12-14-6-3-2-4-7-14/h2-4,6-7,10-11,15H,5,8-9,12H2,1H3,(H,21,24)/t15-/m1/s1. The van der Waals surface area contributed by atoms with Gasteiger partial charge in [0.15, 0.2) is 10.8 Å². The molecule has 1 N–H and O–H groups in total. The van der Waals surface area contributed by atoms with E-state index in [4.69, 9.17) is 0 Å². The number of nitrogens with zero attached hydrogens (tertiary/aromatic N) is 3. The van der Waals surface area contributed by atoms with E-state index < -0.39 is 0 Å². The molecule has 0 saturated carbocycles. The molecule has 128 valence electrons. The van der Waals surface area contributed by atoms with Gasteiger partial charge in [-0.15, -0.1) is 0 Å². The van der Waals surface area contributed by atoms with Crippen molar-refractivity contribution in [3.05, 3.63) is 53.7 Å². The summed E-state index contributed by atoms with van der Waals surface area (Å²) >= 11 is 1.62. The van der Waals surface area contributed by atoms with Gasteiger partial charge in [-0.05, 0) is 37.0 Å². The highest BCUT2D eigenvalue weighted by molar-refractivity contribution is 7.22. The third kappa shape index (κ3) is 3.35. The molecule has 1 aromatic carbocycles. The number of benzene rings is 1. The van der Waals surface area contributed by atoms with Crippen molar-refractivity contribution >= 4 is 32.7 Å². The van der Waals surface area contributed by atoms with Gasteiger partial charge in [0.05, 0.1) is 4.70 Å². The van der Waals surface area contributed by atoms with Gasteiger partial charge in [-0.25, -0.2) is 4.98 Å². The molecule has 1 amide bonds. The third-order valence-corrected chi connectivity index (χ3v) is 5.51. The number of aryl methyl sites for hydroxylation is 1. The average Bonchev–Trinajstić information content (AvgIpc) is 3.26. The molecule has 4 rings (SSSR count). The van der Waals surface area contributed by atoms with E-state index in [1.54, 1.807) is 11.3 Å². The van der Waals surface area contributed by atoms with Crippen LogP contribution in [0.2, 0.25) is 0 Å². The monoisotopic (exact) mass is 352 g/mol. The second-order valence-corrected chi connectivity index (χ2v) is 7.39. The number of nitrogens with one attached hydrogen (secondary N) is 1. The molecule has 1 aliphatic rings. The predicted octanol–water partition coefficient (Wildman–Crippen LogP) is 3.28. The van der Waals surface area contributed by atoms with Gasteiger partial charge in [-0.1, -0.05) is 41.7 Å². The van der Waals surface area contributed by atoms with Gasteiger partial charge in [0, 0.05) is 19.3 Å². The number of amides is 1. The van der Waals surface area contributed by atoms with Gasteiger partial charge in [-0.3, -0.25) is 4.79 Å². The summed E-state index contributed by atoms with van der Waals surface area (Å²) in [6.45, 7) is 3.45. The maximum atomic E-state index is 12.7. The largest absolute Gasteiger partial charge is 0.350 e. The number of anilines is 1. The molecule has 1 aliphatic heterocycles. The minimum absolute atomic E-state index is 0.0738. The molecule has 0 unspecified atom stereocenters. The van der Waals surface area contributed by atoms with Crippen molar-refractivity contribution in [2.24, 2.45) is 0 Å². The highest BCUT2D eigenvalue weighted by Crippen LogP contribution is 2.33. The zero-order chi connectivity index (χ0) is 17.2. The molecule has 1 fully saturated rings. The van der Waals surface area contributed by atoms with Crippen LogP contribution in [0, 0.1) is 6.92 Å². The first kappa shape index (κ1) is 16.0. The van der Waals surface area contributed by atoms with Crippen LogP contribution in [0.5, 0.6) is 0 Å². The normalized spacial score (nSPS) is 17.2. The number of pyridine rings is 1. The highest BCUT2D eigenvalue weighted by atomic mass is 32.1. The van der Waals surface area contributed by atoms with Crippen LogP contribution < -0.4 is 10.2 Å². The molecule has 0 bridgehead atoms. The van der Waals surface area contributed by atoms with Crippen LogP contribution in [0.1, 0.15) is 24.0 Å². The van der Waals surface area contributed by atoms with Crippen molar-refractivity contribution in [2.75, 3.05) is 11.4 Å². The van der Waals surface area contributed by atoms with E-state index in [0.717, 1.165) is 46.0 Å². The lowest BCUT2D eigenvalue weighted by Crippen LogP contribution is -2.43. The lowest BCUT2D eigenvalue weighted by atomic mass is 10.2. The highest BCUT2D eigenvalue weighted by Gasteiger charge is 2.32. The van der Waals surface area contributed by atoms with Gasteiger partial charge in [0.1, 0.15) is 6.04 Å². The first-order valence-corrected chi connectivity index (χ1v) is 9.34. The molecule has 0 aliphatic carbocycles. The van der Waals surface area contributed by atoms with Crippen molar-refractivity contribution in [3.63, 3.8) is 0 Å². The summed E-state index contributed by atoms with van der Waals surface area (Å²) in [5, 5.41) is 3.96. The van der Waals surface area contributed by atoms with E-state index >= 15 is 0 Å². The number of rotatable bonds is 4. The van der Waals surface area contributed by atoms with Crippen molar-refractivity contribution in [1.82, 2.24) is 15.3 Å². The Morgan fingerprint density at radius 3 is 3.04 bits per heavy atom. The maximum absolute atomic E-state index is 12.7. The number of carbonyl (C=O) groups is 1. The molecule has 1 saturated heterocycles. The molecular formula is C19H20N4OS. The molecule has 25 heavy (non-hydrogen) atoms. The Labute approximate surface area is 150 Å². The summed E-state index contributed by atoms with van der Waals surface area (Å²) in [5.41, 5.74) is 3.00. The minimum atomic E-state index is -0.148. The van der Waals surface area contributed by atoms with E-state index in [0.29, 0.717) is 6.54 Å². The Balaban J connectivity index is 1.50. The van der Waals surface area contributed by atoms with Crippen LogP contribution in [0.4, 0.5) is 5.13 Å². The molecule has 6 heteroatoms. The number of fused-ring (bicyclic) bond motifs is 1. The summed E-state index contributed by atoms with van der Waals surface area (Å²) < 4.78 is 1.07. The summed E-state index contributed by atoms with van der Waals surface area (Å²) in [7, 11) is 0. The van der Waals surface area contributed by atoms with Crippen LogP contribution in [0.25, 0.3) is 10.3 Å². The lowest BCUT2D eigenvalue weighted by molar-refractivity contribution is -0.122. The van der Waals surface area contributed by atoms with Gasteiger partial charge in [0.25, 0.3) is 0 Å². The van der Waals surface area contributed by atoms with E-state index in [1.165, 1.54) is 0 Å². The number of aromatic nitrogens is 2. The van der Waals surface area contributed by atoms with E-state index in [2.05, 4.69) is 26.3 Å². The molecule has 0 spiro atoms. The smallest absolute Gasteiger partial charge is 0.243 e. The van der Waals surface area contributed by atoms with Crippen LogP contribution in [-0.2, 0) is 11.3 Å². The minimum Gasteiger partial charge on any atom is -0.350 e. The SMILES string of the molecule is Cc1cnc2nc(N3CCC[C@@H]3C(=O)NCc3ccccc3)sc2c1. The number of carbonyl (C=O) groups excluding carboxylic acids is 1. The molecule has 3 aromatic rings.